The first-order valence-electron chi connectivity index (χ1n) is 25.7. The highest BCUT2D eigenvalue weighted by molar-refractivity contribution is 5.77. The topological polar surface area (TPSA) is 95.9 Å². The molecule has 0 bridgehead atoms. The Hall–Kier alpha value is -1.92. The van der Waals surface area contributed by atoms with Gasteiger partial charge in [-0.15, -0.1) is 0 Å². The van der Waals surface area contributed by atoms with Crippen molar-refractivity contribution >= 4 is 11.9 Å². The minimum Gasteiger partial charge on any atom is -0.462 e. The molecule has 59 heavy (non-hydrogen) atoms. The van der Waals surface area contributed by atoms with E-state index in [1.165, 1.54) is 135 Å². The molecule has 0 rings (SSSR count). The summed E-state index contributed by atoms with van der Waals surface area (Å²) in [5, 5.41) is 23.7. The lowest BCUT2D eigenvalue weighted by Crippen LogP contribution is -2.46. The maximum absolute atomic E-state index is 13.2. The lowest BCUT2D eigenvalue weighted by Gasteiger charge is -2.24. The molecule has 0 aromatic carbocycles. The second kappa shape index (κ2) is 47.1. The smallest absolute Gasteiger partial charge is 0.306 e. The van der Waals surface area contributed by atoms with Crippen LogP contribution in [0.5, 0.6) is 0 Å². The van der Waals surface area contributed by atoms with Crippen molar-refractivity contribution < 1.29 is 24.5 Å². The van der Waals surface area contributed by atoms with Crippen molar-refractivity contribution in [2.75, 3.05) is 6.61 Å². The molecular formula is C53H99NO5. The lowest BCUT2D eigenvalue weighted by atomic mass is 10.0. The molecule has 0 saturated heterocycles. The van der Waals surface area contributed by atoms with Crippen LogP contribution in [0.15, 0.2) is 36.5 Å². The molecule has 0 aromatic heterocycles. The van der Waals surface area contributed by atoms with Crippen LogP contribution < -0.4 is 5.32 Å². The molecule has 6 heteroatoms. The van der Waals surface area contributed by atoms with Gasteiger partial charge >= 0.3 is 5.97 Å². The standard InChI is InChI=1S/C53H99NO5/c1-4-7-10-13-16-19-21-23-25-26-27-28-30-33-35-38-41-44-49(59-53(58)46-43-40-37-34-31-29-24-22-20-17-14-11-8-5-2)47-52(57)54-50(48-55)51(56)45-42-39-36-32-18-15-12-9-6-3/h16,19,23,25,27-28,49-51,55-56H,4-15,17-18,20-22,24,26,29-48H2,1-3H3,(H,54,57)/b19-16-,25-23-,28-27-. The third-order valence-electron chi connectivity index (χ3n) is 11.7. The Morgan fingerprint density at radius 3 is 1.34 bits per heavy atom. The summed E-state index contributed by atoms with van der Waals surface area (Å²) in [6.07, 6.45) is 54.9. The van der Waals surface area contributed by atoms with Crippen LogP contribution in [0.3, 0.4) is 0 Å². The zero-order chi connectivity index (χ0) is 43.1. The number of rotatable bonds is 46. The van der Waals surface area contributed by atoms with Gasteiger partial charge < -0.3 is 20.3 Å². The van der Waals surface area contributed by atoms with E-state index in [-0.39, 0.29) is 24.9 Å². The first kappa shape index (κ1) is 57.1. The molecule has 3 unspecified atom stereocenters. The summed E-state index contributed by atoms with van der Waals surface area (Å²) in [5.74, 6) is -0.486. The van der Waals surface area contributed by atoms with E-state index in [0.717, 1.165) is 83.5 Å². The van der Waals surface area contributed by atoms with Gasteiger partial charge in [-0.1, -0.05) is 224 Å². The molecule has 0 fully saturated rings. The number of carbonyl (C=O) groups excluding carboxylic acids is 2. The monoisotopic (exact) mass is 830 g/mol. The number of allylic oxidation sites excluding steroid dienone is 6. The van der Waals surface area contributed by atoms with Gasteiger partial charge in [0.05, 0.1) is 25.2 Å². The van der Waals surface area contributed by atoms with Crippen LogP contribution in [-0.2, 0) is 14.3 Å². The molecular weight excluding hydrogens is 731 g/mol. The fourth-order valence-corrected chi connectivity index (χ4v) is 7.79. The molecule has 0 aliphatic rings. The van der Waals surface area contributed by atoms with Gasteiger partial charge in [0, 0.05) is 6.42 Å². The molecule has 0 saturated carbocycles. The van der Waals surface area contributed by atoms with Gasteiger partial charge in [-0.25, -0.2) is 0 Å². The SMILES string of the molecule is CCCCC/C=C\C/C=C\C/C=C\CCCCCCC(CC(=O)NC(CO)C(O)CCCCCCCCCCC)OC(=O)CCCCCCCCCCCCCCCC. The number of ether oxygens (including phenoxy) is 1. The molecule has 0 spiro atoms. The van der Waals surface area contributed by atoms with E-state index in [2.05, 4.69) is 62.5 Å². The molecule has 0 heterocycles. The van der Waals surface area contributed by atoms with Crippen LogP contribution >= 0.6 is 0 Å². The predicted molar refractivity (Wildman–Crippen MR) is 255 cm³/mol. The summed E-state index contributed by atoms with van der Waals surface area (Å²) in [5.41, 5.74) is 0. The Morgan fingerprint density at radius 1 is 0.492 bits per heavy atom. The van der Waals surface area contributed by atoms with E-state index in [4.69, 9.17) is 4.74 Å². The van der Waals surface area contributed by atoms with Crippen molar-refractivity contribution in [2.24, 2.45) is 0 Å². The van der Waals surface area contributed by atoms with E-state index in [0.29, 0.717) is 19.3 Å². The van der Waals surface area contributed by atoms with Crippen LogP contribution in [0.4, 0.5) is 0 Å². The second-order valence-electron chi connectivity index (χ2n) is 17.6. The highest BCUT2D eigenvalue weighted by atomic mass is 16.5. The Labute approximate surface area is 366 Å². The second-order valence-corrected chi connectivity index (χ2v) is 17.6. The van der Waals surface area contributed by atoms with E-state index in [1.54, 1.807) is 0 Å². The molecule has 0 aromatic rings. The van der Waals surface area contributed by atoms with Crippen LogP contribution in [0.2, 0.25) is 0 Å². The van der Waals surface area contributed by atoms with E-state index < -0.39 is 18.2 Å². The number of hydrogen-bond donors (Lipinski definition) is 3. The van der Waals surface area contributed by atoms with Crippen LogP contribution in [0, 0.1) is 0 Å². The maximum atomic E-state index is 13.2. The molecule has 3 N–H and O–H groups in total. The zero-order valence-electron chi connectivity index (χ0n) is 39.4. The molecule has 6 nitrogen and oxygen atoms in total. The van der Waals surface area contributed by atoms with Crippen molar-refractivity contribution in [1.29, 1.82) is 0 Å². The lowest BCUT2D eigenvalue weighted by molar-refractivity contribution is -0.151. The summed E-state index contributed by atoms with van der Waals surface area (Å²) in [6, 6.07) is -0.704. The van der Waals surface area contributed by atoms with Crippen molar-refractivity contribution in [1.82, 2.24) is 5.32 Å². The Morgan fingerprint density at radius 2 is 0.864 bits per heavy atom. The molecule has 0 radical (unpaired) electrons. The van der Waals surface area contributed by atoms with Gasteiger partial charge in [-0.05, 0) is 64.2 Å². The van der Waals surface area contributed by atoms with Crippen molar-refractivity contribution in [3.8, 4) is 0 Å². The number of nitrogens with one attached hydrogen (secondary N) is 1. The average Bonchev–Trinajstić information content (AvgIpc) is 3.23. The molecule has 0 aliphatic heterocycles. The highest BCUT2D eigenvalue weighted by Crippen LogP contribution is 2.18. The summed E-state index contributed by atoms with van der Waals surface area (Å²) in [6.45, 7) is 6.44. The molecule has 1 amide bonds. The maximum Gasteiger partial charge on any atom is 0.306 e. The first-order valence-corrected chi connectivity index (χ1v) is 25.7. The van der Waals surface area contributed by atoms with E-state index in [9.17, 15) is 19.8 Å². The zero-order valence-corrected chi connectivity index (χ0v) is 39.4. The third-order valence-corrected chi connectivity index (χ3v) is 11.7. The molecule has 346 valence electrons. The van der Waals surface area contributed by atoms with Crippen molar-refractivity contribution in [3.63, 3.8) is 0 Å². The normalized spacial score (nSPS) is 13.5. The van der Waals surface area contributed by atoms with E-state index >= 15 is 0 Å². The summed E-state index contributed by atoms with van der Waals surface area (Å²) in [7, 11) is 0. The predicted octanol–water partition coefficient (Wildman–Crippen LogP) is 15.3. The number of hydrogen-bond acceptors (Lipinski definition) is 5. The van der Waals surface area contributed by atoms with Crippen LogP contribution in [0.25, 0.3) is 0 Å². The summed E-state index contributed by atoms with van der Waals surface area (Å²) in [4.78, 5) is 26.1. The molecule has 0 aliphatic carbocycles. The van der Waals surface area contributed by atoms with Gasteiger partial charge in [0.15, 0.2) is 0 Å². The Balaban J connectivity index is 4.61. The molecule has 3 atom stereocenters. The number of unbranched alkanes of at least 4 members (excludes halogenated alkanes) is 28. The Kier molecular flexibility index (Phi) is 45.6. The van der Waals surface area contributed by atoms with Crippen molar-refractivity contribution in [3.05, 3.63) is 36.5 Å². The van der Waals surface area contributed by atoms with Crippen LogP contribution in [0.1, 0.15) is 265 Å². The van der Waals surface area contributed by atoms with Gasteiger partial charge in [0.2, 0.25) is 5.91 Å². The minimum absolute atomic E-state index is 0.0661. The fourth-order valence-electron chi connectivity index (χ4n) is 7.79. The number of aliphatic hydroxyl groups is 2. The number of carbonyl (C=O) groups is 2. The van der Waals surface area contributed by atoms with Gasteiger partial charge in [-0.3, -0.25) is 9.59 Å². The minimum atomic E-state index is -0.790. The quantitative estimate of drug-likeness (QED) is 0.0323. The number of aliphatic hydroxyl groups excluding tert-OH is 2. The van der Waals surface area contributed by atoms with Gasteiger partial charge in [0.1, 0.15) is 6.10 Å². The Bertz CT molecular complexity index is 977. The first-order chi connectivity index (χ1) is 29.0. The number of esters is 1. The van der Waals surface area contributed by atoms with Gasteiger partial charge in [0.25, 0.3) is 0 Å². The summed E-state index contributed by atoms with van der Waals surface area (Å²) >= 11 is 0. The summed E-state index contributed by atoms with van der Waals surface area (Å²) < 4.78 is 5.93. The number of amides is 1. The largest absolute Gasteiger partial charge is 0.462 e. The van der Waals surface area contributed by atoms with Gasteiger partial charge in [-0.2, -0.15) is 0 Å². The van der Waals surface area contributed by atoms with Crippen molar-refractivity contribution in [2.45, 2.75) is 283 Å². The average molecular weight is 830 g/mol. The van der Waals surface area contributed by atoms with Crippen LogP contribution in [-0.4, -0.2) is 46.9 Å². The highest BCUT2D eigenvalue weighted by Gasteiger charge is 2.24. The fraction of sp³-hybridized carbons (Fsp3) is 0.849. The van der Waals surface area contributed by atoms with E-state index in [1.807, 2.05) is 0 Å². The third kappa shape index (κ3) is 42.6.